The molecule has 82 valence electrons. The van der Waals surface area contributed by atoms with Crippen molar-refractivity contribution in [2.24, 2.45) is 0 Å². The molecule has 15 heavy (non-hydrogen) atoms. The summed E-state index contributed by atoms with van der Waals surface area (Å²) in [6.07, 6.45) is -0.646. The third kappa shape index (κ3) is 2.39. The molecule has 0 radical (unpaired) electrons. The second-order valence-electron chi connectivity index (χ2n) is 3.29. The molecule has 2 N–H and O–H groups in total. The van der Waals surface area contributed by atoms with Crippen molar-refractivity contribution < 1.29 is 19.1 Å². The zero-order valence-corrected chi connectivity index (χ0v) is 9.36. The number of carbonyl (C=O) groups is 1. The molecule has 2 unspecified atom stereocenters. The van der Waals surface area contributed by atoms with E-state index in [1.165, 1.54) is 0 Å². The van der Waals surface area contributed by atoms with Crippen molar-refractivity contribution in [3.05, 3.63) is 22.6 Å². The highest BCUT2D eigenvalue weighted by Crippen LogP contribution is 2.14. The first kappa shape index (κ1) is 10.7. The lowest BCUT2D eigenvalue weighted by molar-refractivity contribution is 0.0858. The van der Waals surface area contributed by atoms with Crippen LogP contribution in [0.2, 0.25) is 0 Å². The van der Waals surface area contributed by atoms with Crippen LogP contribution >= 0.6 is 15.9 Å². The summed E-state index contributed by atoms with van der Waals surface area (Å²) in [7, 11) is 0. The molecule has 0 saturated carbocycles. The lowest BCUT2D eigenvalue weighted by Crippen LogP contribution is -2.42. The minimum atomic E-state index is -0.646. The molecule has 2 rings (SSSR count). The highest BCUT2D eigenvalue weighted by Gasteiger charge is 2.28. The van der Waals surface area contributed by atoms with Gasteiger partial charge >= 0.3 is 0 Å². The Kier molecular flexibility index (Phi) is 3.08. The van der Waals surface area contributed by atoms with Crippen LogP contribution in [0.5, 0.6) is 0 Å². The van der Waals surface area contributed by atoms with Crippen molar-refractivity contribution in [2.45, 2.75) is 12.1 Å². The fourth-order valence-corrected chi connectivity index (χ4v) is 1.66. The summed E-state index contributed by atoms with van der Waals surface area (Å²) in [5, 5.41) is 12.0. The van der Waals surface area contributed by atoms with Crippen molar-refractivity contribution in [3.63, 3.8) is 0 Å². The van der Waals surface area contributed by atoms with E-state index in [2.05, 4.69) is 21.2 Å². The summed E-state index contributed by atoms with van der Waals surface area (Å²) in [4.78, 5) is 11.6. The van der Waals surface area contributed by atoms with Crippen molar-refractivity contribution in [2.75, 3.05) is 13.2 Å². The van der Waals surface area contributed by atoms with E-state index in [1.807, 2.05) is 0 Å². The Hall–Kier alpha value is -0.850. The second kappa shape index (κ2) is 4.34. The molecule has 6 heteroatoms. The molecule has 0 spiro atoms. The fourth-order valence-electron chi connectivity index (χ4n) is 1.36. The molecule has 0 aliphatic carbocycles. The quantitative estimate of drug-likeness (QED) is 0.826. The van der Waals surface area contributed by atoms with Gasteiger partial charge < -0.3 is 19.6 Å². The number of furan rings is 1. The third-order valence-electron chi connectivity index (χ3n) is 2.16. The lowest BCUT2D eigenvalue weighted by atomic mass is 10.2. The molecule has 5 nitrogen and oxygen atoms in total. The molecule has 2 atom stereocenters. The van der Waals surface area contributed by atoms with Gasteiger partial charge in [-0.25, -0.2) is 0 Å². The van der Waals surface area contributed by atoms with Gasteiger partial charge in [0.25, 0.3) is 5.91 Å². The zero-order valence-electron chi connectivity index (χ0n) is 7.77. The summed E-state index contributed by atoms with van der Waals surface area (Å²) in [5.41, 5.74) is 0. The van der Waals surface area contributed by atoms with Crippen molar-refractivity contribution in [3.8, 4) is 0 Å². The predicted octanol–water partition coefficient (Wildman–Crippen LogP) is 0.532. The van der Waals surface area contributed by atoms with Gasteiger partial charge in [0.1, 0.15) is 0 Å². The lowest BCUT2D eigenvalue weighted by Gasteiger charge is -2.12. The maximum Gasteiger partial charge on any atom is 0.287 e. The van der Waals surface area contributed by atoms with Gasteiger partial charge in [-0.15, -0.1) is 0 Å². The van der Waals surface area contributed by atoms with Gasteiger partial charge in [-0.3, -0.25) is 4.79 Å². The normalized spacial score (nSPS) is 25.5. The third-order valence-corrected chi connectivity index (χ3v) is 2.59. The van der Waals surface area contributed by atoms with Crippen molar-refractivity contribution in [1.82, 2.24) is 5.32 Å². The minimum absolute atomic E-state index is 0.209. The molecule has 1 aliphatic heterocycles. The van der Waals surface area contributed by atoms with E-state index in [0.717, 1.165) is 0 Å². The predicted molar refractivity (Wildman–Crippen MR) is 54.5 cm³/mol. The number of halogens is 1. The average Bonchev–Trinajstić information content (AvgIpc) is 2.77. The number of nitrogens with one attached hydrogen (secondary N) is 1. The Labute approximate surface area is 94.5 Å². The van der Waals surface area contributed by atoms with Crippen LogP contribution in [0, 0.1) is 0 Å². The first-order valence-electron chi connectivity index (χ1n) is 4.49. The van der Waals surface area contributed by atoms with Crippen LogP contribution in [0.15, 0.2) is 21.2 Å². The van der Waals surface area contributed by atoms with E-state index < -0.39 is 6.10 Å². The monoisotopic (exact) mass is 275 g/mol. The number of rotatable bonds is 2. The molecule has 1 aliphatic rings. The van der Waals surface area contributed by atoms with Gasteiger partial charge in [0, 0.05) is 0 Å². The minimum Gasteiger partial charge on any atom is -0.444 e. The van der Waals surface area contributed by atoms with Gasteiger partial charge in [0.15, 0.2) is 10.4 Å². The number of hydrogen-bond acceptors (Lipinski definition) is 4. The van der Waals surface area contributed by atoms with E-state index in [1.54, 1.807) is 12.1 Å². The van der Waals surface area contributed by atoms with Gasteiger partial charge in [0.2, 0.25) is 0 Å². The van der Waals surface area contributed by atoms with Crippen LogP contribution in [-0.4, -0.2) is 36.4 Å². The number of aliphatic hydroxyl groups is 1. The maximum atomic E-state index is 11.6. The molecule has 1 aromatic rings. The average molecular weight is 276 g/mol. The maximum absolute atomic E-state index is 11.6. The molecule has 0 aromatic carbocycles. The van der Waals surface area contributed by atoms with Crippen LogP contribution < -0.4 is 5.32 Å². The van der Waals surface area contributed by atoms with E-state index in [0.29, 0.717) is 11.3 Å². The number of ether oxygens (including phenoxy) is 1. The summed E-state index contributed by atoms with van der Waals surface area (Å²) in [6, 6.07) is 2.83. The SMILES string of the molecule is O=C(NC1COCC1O)c1ccc(Br)o1. The van der Waals surface area contributed by atoms with Crippen LogP contribution in [0.3, 0.4) is 0 Å². The Morgan fingerprint density at radius 3 is 2.87 bits per heavy atom. The summed E-state index contributed by atoms with van der Waals surface area (Å²) < 4.78 is 10.6. The molecule has 1 aromatic heterocycles. The molecule has 1 saturated heterocycles. The molecule has 0 bridgehead atoms. The van der Waals surface area contributed by atoms with Crippen LogP contribution in [0.1, 0.15) is 10.6 Å². The Balaban J connectivity index is 1.97. The zero-order chi connectivity index (χ0) is 10.8. The van der Waals surface area contributed by atoms with Gasteiger partial charge in [0.05, 0.1) is 25.4 Å². The van der Waals surface area contributed by atoms with Crippen LogP contribution in [0.25, 0.3) is 0 Å². The Morgan fingerprint density at radius 1 is 1.53 bits per heavy atom. The summed E-state index contributed by atoms with van der Waals surface area (Å²) >= 11 is 3.10. The summed E-state index contributed by atoms with van der Waals surface area (Å²) in [6.45, 7) is 0.585. The number of hydrogen-bond donors (Lipinski definition) is 2. The molecular weight excluding hydrogens is 266 g/mol. The first-order chi connectivity index (χ1) is 7.16. The van der Waals surface area contributed by atoms with E-state index >= 15 is 0 Å². The second-order valence-corrected chi connectivity index (χ2v) is 4.07. The largest absolute Gasteiger partial charge is 0.444 e. The highest BCUT2D eigenvalue weighted by atomic mass is 79.9. The van der Waals surface area contributed by atoms with Crippen LogP contribution in [-0.2, 0) is 4.74 Å². The fraction of sp³-hybridized carbons (Fsp3) is 0.444. The first-order valence-corrected chi connectivity index (χ1v) is 5.28. The molecule has 2 heterocycles. The number of amides is 1. The molecule has 1 amide bonds. The van der Waals surface area contributed by atoms with Crippen molar-refractivity contribution in [1.29, 1.82) is 0 Å². The van der Waals surface area contributed by atoms with E-state index in [-0.39, 0.29) is 24.3 Å². The van der Waals surface area contributed by atoms with E-state index in [4.69, 9.17) is 9.15 Å². The van der Waals surface area contributed by atoms with Crippen LogP contribution in [0.4, 0.5) is 0 Å². The molecule has 1 fully saturated rings. The highest BCUT2D eigenvalue weighted by molar-refractivity contribution is 9.10. The van der Waals surface area contributed by atoms with Crippen molar-refractivity contribution >= 4 is 21.8 Å². The Morgan fingerprint density at radius 2 is 2.33 bits per heavy atom. The topological polar surface area (TPSA) is 71.7 Å². The van der Waals surface area contributed by atoms with Gasteiger partial charge in [-0.2, -0.15) is 0 Å². The summed E-state index contributed by atoms with van der Waals surface area (Å²) in [5.74, 6) is -0.142. The smallest absolute Gasteiger partial charge is 0.287 e. The number of aliphatic hydroxyl groups excluding tert-OH is 1. The number of carbonyl (C=O) groups excluding carboxylic acids is 1. The Bertz CT molecular complexity index is 365. The van der Waals surface area contributed by atoms with Gasteiger partial charge in [-0.05, 0) is 28.1 Å². The van der Waals surface area contributed by atoms with E-state index in [9.17, 15) is 9.90 Å². The van der Waals surface area contributed by atoms with Gasteiger partial charge in [-0.1, -0.05) is 0 Å². The molecular formula is C9H10BrNO4. The standard InChI is InChI=1S/C9H10BrNO4/c10-8-2-1-7(15-8)9(13)11-5-3-14-4-6(5)12/h1-2,5-6,12H,3-4H2,(H,11,13).